The van der Waals surface area contributed by atoms with Gasteiger partial charge in [0.25, 0.3) is 5.91 Å². The van der Waals surface area contributed by atoms with E-state index in [1.807, 2.05) is 31.2 Å². The Hall–Kier alpha value is -2.87. The first-order valence-corrected chi connectivity index (χ1v) is 11.3. The summed E-state index contributed by atoms with van der Waals surface area (Å²) in [5.41, 5.74) is 2.72. The molecule has 0 aromatic heterocycles. The Labute approximate surface area is 172 Å². The molecule has 8 heteroatoms. The van der Waals surface area contributed by atoms with Gasteiger partial charge in [0.05, 0.1) is 4.90 Å². The SMILES string of the molecule is CCNC(=O)c1ccc(CNC(=NC)NCCc2ccc(S(C)(=O)=O)cc2)cc1. The molecule has 2 aromatic carbocycles. The van der Waals surface area contributed by atoms with E-state index >= 15 is 0 Å². The molecule has 1 amide bonds. The van der Waals surface area contributed by atoms with Crippen molar-refractivity contribution in [2.75, 3.05) is 26.4 Å². The lowest BCUT2D eigenvalue weighted by Gasteiger charge is -2.12. The fourth-order valence-corrected chi connectivity index (χ4v) is 3.30. The molecule has 0 spiro atoms. The number of guanidine groups is 1. The minimum atomic E-state index is -3.17. The van der Waals surface area contributed by atoms with Crippen LogP contribution in [0, 0.1) is 0 Å². The number of rotatable bonds is 8. The molecular weight excluding hydrogens is 388 g/mol. The molecule has 7 nitrogen and oxygen atoms in total. The molecule has 0 aliphatic heterocycles. The van der Waals surface area contributed by atoms with E-state index in [1.165, 1.54) is 6.26 Å². The summed E-state index contributed by atoms with van der Waals surface area (Å²) in [6, 6.07) is 14.3. The lowest BCUT2D eigenvalue weighted by atomic mass is 10.1. The molecule has 0 aliphatic rings. The van der Waals surface area contributed by atoms with Gasteiger partial charge in [-0.3, -0.25) is 9.79 Å². The predicted molar refractivity (Wildman–Crippen MR) is 116 cm³/mol. The molecule has 156 valence electrons. The fraction of sp³-hybridized carbons (Fsp3) is 0.333. The van der Waals surface area contributed by atoms with Crippen LogP contribution < -0.4 is 16.0 Å². The van der Waals surface area contributed by atoms with Crippen LogP contribution in [0.4, 0.5) is 0 Å². The number of hydrogen-bond acceptors (Lipinski definition) is 4. The lowest BCUT2D eigenvalue weighted by molar-refractivity contribution is 0.0956. The minimum absolute atomic E-state index is 0.0749. The van der Waals surface area contributed by atoms with Crippen molar-refractivity contribution in [1.29, 1.82) is 0 Å². The molecule has 2 rings (SSSR count). The third kappa shape index (κ3) is 7.23. The van der Waals surface area contributed by atoms with Crippen molar-refractivity contribution in [3.8, 4) is 0 Å². The maximum atomic E-state index is 11.8. The highest BCUT2D eigenvalue weighted by molar-refractivity contribution is 7.90. The van der Waals surface area contributed by atoms with Crippen LogP contribution in [0.2, 0.25) is 0 Å². The number of benzene rings is 2. The first-order valence-electron chi connectivity index (χ1n) is 9.44. The Morgan fingerprint density at radius 3 is 2.10 bits per heavy atom. The topological polar surface area (TPSA) is 99.7 Å². The maximum absolute atomic E-state index is 11.8. The summed E-state index contributed by atoms with van der Waals surface area (Å²) in [6.07, 6.45) is 1.94. The Bertz CT molecular complexity index is 937. The number of nitrogens with zero attached hydrogens (tertiary/aromatic N) is 1. The van der Waals surface area contributed by atoms with E-state index in [9.17, 15) is 13.2 Å². The Balaban J connectivity index is 1.80. The molecule has 0 fully saturated rings. The number of sulfone groups is 1. The lowest BCUT2D eigenvalue weighted by Crippen LogP contribution is -2.37. The fourth-order valence-electron chi connectivity index (χ4n) is 2.67. The molecule has 0 unspecified atom stereocenters. The molecule has 2 aromatic rings. The second-order valence-corrected chi connectivity index (χ2v) is 8.59. The van der Waals surface area contributed by atoms with Crippen molar-refractivity contribution < 1.29 is 13.2 Å². The largest absolute Gasteiger partial charge is 0.356 e. The van der Waals surface area contributed by atoms with E-state index in [2.05, 4.69) is 20.9 Å². The molecular formula is C21H28N4O3S. The van der Waals surface area contributed by atoms with Crippen molar-refractivity contribution >= 4 is 21.7 Å². The third-order valence-electron chi connectivity index (χ3n) is 4.29. The highest BCUT2D eigenvalue weighted by atomic mass is 32.2. The summed E-state index contributed by atoms with van der Waals surface area (Å²) >= 11 is 0. The molecule has 3 N–H and O–H groups in total. The normalized spacial score (nSPS) is 11.8. The van der Waals surface area contributed by atoms with E-state index in [0.29, 0.717) is 36.1 Å². The zero-order valence-corrected chi connectivity index (χ0v) is 17.8. The van der Waals surface area contributed by atoms with Crippen molar-refractivity contribution in [3.05, 3.63) is 65.2 Å². The number of carbonyl (C=O) groups is 1. The number of aliphatic imine (C=N–C) groups is 1. The van der Waals surface area contributed by atoms with Crippen LogP contribution in [0.3, 0.4) is 0 Å². The first kappa shape index (κ1) is 22.4. The molecule has 0 heterocycles. The monoisotopic (exact) mass is 416 g/mol. The second-order valence-electron chi connectivity index (χ2n) is 6.58. The van der Waals surface area contributed by atoms with Gasteiger partial charge in [0, 0.05) is 38.5 Å². The molecule has 29 heavy (non-hydrogen) atoms. The predicted octanol–water partition coefficient (Wildman–Crippen LogP) is 1.75. The van der Waals surface area contributed by atoms with Crippen LogP contribution in [0.25, 0.3) is 0 Å². The zero-order valence-electron chi connectivity index (χ0n) is 17.0. The molecule has 0 saturated heterocycles. The number of nitrogens with one attached hydrogen (secondary N) is 3. The number of amides is 1. The first-order chi connectivity index (χ1) is 13.8. The summed E-state index contributed by atoms with van der Waals surface area (Å²) in [6.45, 7) is 3.73. The van der Waals surface area contributed by atoms with Gasteiger partial charge < -0.3 is 16.0 Å². The van der Waals surface area contributed by atoms with Gasteiger partial charge in [-0.25, -0.2) is 8.42 Å². The van der Waals surface area contributed by atoms with Crippen molar-refractivity contribution in [2.24, 2.45) is 4.99 Å². The van der Waals surface area contributed by atoms with Gasteiger partial charge >= 0.3 is 0 Å². The van der Waals surface area contributed by atoms with E-state index in [1.54, 1.807) is 31.3 Å². The van der Waals surface area contributed by atoms with E-state index in [0.717, 1.165) is 17.5 Å². The summed E-state index contributed by atoms with van der Waals surface area (Å²) < 4.78 is 23.0. The average molecular weight is 417 g/mol. The van der Waals surface area contributed by atoms with E-state index in [-0.39, 0.29) is 5.91 Å². The highest BCUT2D eigenvalue weighted by Crippen LogP contribution is 2.10. The van der Waals surface area contributed by atoms with Crippen molar-refractivity contribution in [1.82, 2.24) is 16.0 Å². The average Bonchev–Trinajstić information content (AvgIpc) is 2.71. The quantitative estimate of drug-likeness (QED) is 0.450. The van der Waals surface area contributed by atoms with Crippen LogP contribution >= 0.6 is 0 Å². The smallest absolute Gasteiger partial charge is 0.251 e. The van der Waals surface area contributed by atoms with Crippen LogP contribution in [0.15, 0.2) is 58.4 Å². The molecule has 0 aliphatic carbocycles. The van der Waals surface area contributed by atoms with Gasteiger partial charge in [-0.05, 0) is 48.7 Å². The molecule has 0 bridgehead atoms. The van der Waals surface area contributed by atoms with E-state index in [4.69, 9.17) is 0 Å². The standard InChI is InChI=1S/C21H28N4O3S/c1-4-23-20(26)18-9-5-17(6-10-18)15-25-21(22-2)24-14-13-16-7-11-19(12-8-16)29(3,27)28/h5-12H,4,13-15H2,1-3H3,(H,23,26)(H2,22,24,25). The van der Waals surface area contributed by atoms with Gasteiger partial charge in [-0.15, -0.1) is 0 Å². The Morgan fingerprint density at radius 1 is 0.931 bits per heavy atom. The number of hydrogen-bond donors (Lipinski definition) is 3. The molecule has 0 saturated carbocycles. The second kappa shape index (κ2) is 10.6. The molecule has 0 radical (unpaired) electrons. The molecule has 0 atom stereocenters. The summed E-state index contributed by atoms with van der Waals surface area (Å²) in [5, 5.41) is 9.24. The summed E-state index contributed by atoms with van der Waals surface area (Å²) in [7, 11) is -1.47. The van der Waals surface area contributed by atoms with Crippen LogP contribution in [-0.4, -0.2) is 46.7 Å². The van der Waals surface area contributed by atoms with Crippen LogP contribution in [-0.2, 0) is 22.8 Å². The minimum Gasteiger partial charge on any atom is -0.356 e. The third-order valence-corrected chi connectivity index (χ3v) is 5.42. The van der Waals surface area contributed by atoms with Crippen molar-refractivity contribution in [2.45, 2.75) is 24.8 Å². The van der Waals surface area contributed by atoms with Crippen LogP contribution in [0.5, 0.6) is 0 Å². The highest BCUT2D eigenvalue weighted by Gasteiger charge is 2.06. The summed E-state index contributed by atoms with van der Waals surface area (Å²) in [4.78, 5) is 16.3. The van der Waals surface area contributed by atoms with Gasteiger partial charge in [0.2, 0.25) is 0 Å². The van der Waals surface area contributed by atoms with E-state index < -0.39 is 9.84 Å². The van der Waals surface area contributed by atoms with Crippen LogP contribution in [0.1, 0.15) is 28.4 Å². The van der Waals surface area contributed by atoms with Gasteiger partial charge in [-0.1, -0.05) is 24.3 Å². The van der Waals surface area contributed by atoms with Gasteiger partial charge in [0.1, 0.15) is 0 Å². The van der Waals surface area contributed by atoms with Crippen molar-refractivity contribution in [3.63, 3.8) is 0 Å². The zero-order chi connectivity index (χ0) is 21.3. The van der Waals surface area contributed by atoms with Gasteiger partial charge in [-0.2, -0.15) is 0 Å². The Kier molecular flexibility index (Phi) is 8.21. The maximum Gasteiger partial charge on any atom is 0.251 e. The summed E-state index contributed by atoms with van der Waals surface area (Å²) in [5.74, 6) is 0.597. The number of carbonyl (C=O) groups excluding carboxylic acids is 1. The van der Waals surface area contributed by atoms with Gasteiger partial charge in [0.15, 0.2) is 15.8 Å². The Morgan fingerprint density at radius 2 is 1.55 bits per heavy atom.